The van der Waals surface area contributed by atoms with Crippen LogP contribution < -0.4 is 4.90 Å². The number of aromatic nitrogens is 3. The Kier molecular flexibility index (Phi) is 3.55. The lowest BCUT2D eigenvalue weighted by molar-refractivity contribution is -0.385. The average molecular weight is 287 g/mol. The second-order valence-electron chi connectivity index (χ2n) is 5.35. The van der Waals surface area contributed by atoms with Crippen LogP contribution in [0.2, 0.25) is 0 Å². The minimum absolute atomic E-state index is 0.0714. The van der Waals surface area contributed by atoms with E-state index < -0.39 is 4.92 Å². The van der Waals surface area contributed by atoms with Crippen molar-refractivity contribution in [1.29, 1.82) is 0 Å². The third kappa shape index (κ3) is 2.72. The normalized spacial score (nSPS) is 18.7. The first kappa shape index (κ1) is 13.5. The van der Waals surface area contributed by atoms with Crippen LogP contribution in [-0.2, 0) is 0 Å². The van der Waals surface area contributed by atoms with Gasteiger partial charge in [-0.1, -0.05) is 0 Å². The highest BCUT2D eigenvalue weighted by atomic mass is 16.6. The third-order valence-corrected chi connectivity index (χ3v) is 3.98. The second kappa shape index (κ2) is 5.51. The maximum atomic E-state index is 10.9. The number of hydrogen-bond acceptors (Lipinski definition) is 5. The molecule has 0 bridgehead atoms. The van der Waals surface area contributed by atoms with Gasteiger partial charge in [-0.15, -0.1) is 0 Å². The number of nitrogens with one attached hydrogen (secondary N) is 1. The van der Waals surface area contributed by atoms with E-state index in [0.29, 0.717) is 11.6 Å². The minimum Gasteiger partial charge on any atom is -0.356 e. The van der Waals surface area contributed by atoms with E-state index in [1.54, 1.807) is 19.1 Å². The van der Waals surface area contributed by atoms with E-state index in [4.69, 9.17) is 0 Å². The summed E-state index contributed by atoms with van der Waals surface area (Å²) in [5.41, 5.74) is 1.74. The molecule has 2 aromatic heterocycles. The monoisotopic (exact) mass is 287 g/mol. The summed E-state index contributed by atoms with van der Waals surface area (Å²) in [7, 11) is 0. The van der Waals surface area contributed by atoms with Gasteiger partial charge in [0.1, 0.15) is 11.5 Å². The van der Waals surface area contributed by atoms with Crippen molar-refractivity contribution >= 4 is 11.5 Å². The van der Waals surface area contributed by atoms with Crippen molar-refractivity contribution in [2.45, 2.75) is 25.7 Å². The van der Waals surface area contributed by atoms with Gasteiger partial charge < -0.3 is 4.90 Å². The first-order valence-corrected chi connectivity index (χ1v) is 7.01. The fourth-order valence-corrected chi connectivity index (χ4v) is 2.85. The molecule has 1 unspecified atom stereocenters. The highest BCUT2D eigenvalue weighted by Crippen LogP contribution is 2.29. The highest BCUT2D eigenvalue weighted by molar-refractivity contribution is 5.47. The summed E-state index contributed by atoms with van der Waals surface area (Å²) in [5.74, 6) is 1.24. The molecule has 0 amide bonds. The van der Waals surface area contributed by atoms with Crippen molar-refractivity contribution in [3.8, 4) is 0 Å². The van der Waals surface area contributed by atoms with Gasteiger partial charge in [-0.2, -0.15) is 5.10 Å². The van der Waals surface area contributed by atoms with Gasteiger partial charge in [0.05, 0.1) is 11.1 Å². The van der Waals surface area contributed by atoms with Crippen molar-refractivity contribution in [3.05, 3.63) is 45.9 Å². The fraction of sp³-hybridized carbons (Fsp3) is 0.429. The summed E-state index contributed by atoms with van der Waals surface area (Å²) < 4.78 is 0. The van der Waals surface area contributed by atoms with Crippen LogP contribution in [0.4, 0.5) is 11.5 Å². The molecule has 0 saturated carbocycles. The number of anilines is 1. The van der Waals surface area contributed by atoms with Crippen LogP contribution in [0.5, 0.6) is 0 Å². The molecule has 3 rings (SSSR count). The zero-order valence-corrected chi connectivity index (χ0v) is 11.8. The number of aryl methyl sites for hydroxylation is 1. The summed E-state index contributed by atoms with van der Waals surface area (Å²) in [6, 6.07) is 3.28. The summed E-state index contributed by atoms with van der Waals surface area (Å²) in [6.07, 6.45) is 6.00. The number of H-pyrrole nitrogens is 1. The molecule has 0 radical (unpaired) electrons. The molecule has 110 valence electrons. The van der Waals surface area contributed by atoms with Gasteiger partial charge in [0.15, 0.2) is 0 Å². The van der Waals surface area contributed by atoms with Crippen LogP contribution in [0.1, 0.15) is 30.0 Å². The molecule has 1 aliphatic rings. The first-order chi connectivity index (χ1) is 10.1. The van der Waals surface area contributed by atoms with Crippen molar-refractivity contribution in [2.75, 3.05) is 18.0 Å². The van der Waals surface area contributed by atoms with E-state index >= 15 is 0 Å². The summed E-state index contributed by atoms with van der Waals surface area (Å²) >= 11 is 0. The van der Waals surface area contributed by atoms with Crippen molar-refractivity contribution < 1.29 is 4.92 Å². The Morgan fingerprint density at radius 1 is 1.48 bits per heavy atom. The molecule has 0 aliphatic carbocycles. The molecule has 0 aromatic carbocycles. The zero-order valence-electron chi connectivity index (χ0n) is 11.8. The molecule has 7 nitrogen and oxygen atoms in total. The largest absolute Gasteiger partial charge is 0.356 e. The van der Waals surface area contributed by atoms with Crippen LogP contribution in [0, 0.1) is 17.0 Å². The third-order valence-electron chi connectivity index (χ3n) is 3.98. The Labute approximate surface area is 122 Å². The van der Waals surface area contributed by atoms with Gasteiger partial charge in [0.25, 0.3) is 5.69 Å². The lowest BCUT2D eigenvalue weighted by atomic mass is 9.93. The smallest absolute Gasteiger partial charge is 0.290 e. The minimum atomic E-state index is -0.392. The fourth-order valence-electron chi connectivity index (χ4n) is 2.85. The molecule has 7 heteroatoms. The molecule has 3 heterocycles. The van der Waals surface area contributed by atoms with E-state index in [2.05, 4.69) is 20.1 Å². The number of aromatic amines is 1. The van der Waals surface area contributed by atoms with E-state index in [-0.39, 0.29) is 5.69 Å². The SMILES string of the molecule is Cc1nc(N2CCCC(c3cn[nH]c3)C2)ccc1[N+](=O)[O-]. The number of piperidine rings is 1. The molecule has 1 N–H and O–H groups in total. The molecule has 21 heavy (non-hydrogen) atoms. The summed E-state index contributed by atoms with van der Waals surface area (Å²) in [6.45, 7) is 3.47. The number of nitro groups is 1. The van der Waals surface area contributed by atoms with Crippen LogP contribution in [0.15, 0.2) is 24.5 Å². The molecule has 0 spiro atoms. The summed E-state index contributed by atoms with van der Waals surface area (Å²) in [5, 5.41) is 17.7. The molecule has 1 atom stereocenters. The Hall–Kier alpha value is -2.44. The number of pyridine rings is 1. The standard InChI is InChI=1S/C14H17N5O2/c1-10-13(19(20)21)4-5-14(17-10)18-6-2-3-11(9-18)12-7-15-16-8-12/h4-5,7-8,11H,2-3,6,9H2,1H3,(H,15,16). The Morgan fingerprint density at radius 2 is 2.33 bits per heavy atom. The maximum Gasteiger partial charge on any atom is 0.290 e. The Balaban J connectivity index is 1.80. The zero-order chi connectivity index (χ0) is 14.8. The summed E-state index contributed by atoms with van der Waals surface area (Å²) in [4.78, 5) is 17.1. The first-order valence-electron chi connectivity index (χ1n) is 7.01. The second-order valence-corrected chi connectivity index (χ2v) is 5.35. The molecular weight excluding hydrogens is 270 g/mol. The number of rotatable bonds is 3. The van der Waals surface area contributed by atoms with Gasteiger partial charge in [0.2, 0.25) is 0 Å². The molecule has 1 aliphatic heterocycles. The van der Waals surface area contributed by atoms with Gasteiger partial charge in [-0.05, 0) is 31.4 Å². The van der Waals surface area contributed by atoms with E-state index in [0.717, 1.165) is 31.7 Å². The van der Waals surface area contributed by atoms with Gasteiger partial charge in [0, 0.05) is 31.3 Å². The van der Waals surface area contributed by atoms with Crippen molar-refractivity contribution in [2.24, 2.45) is 0 Å². The molecule has 1 saturated heterocycles. The van der Waals surface area contributed by atoms with Crippen LogP contribution in [-0.4, -0.2) is 33.2 Å². The molecular formula is C14H17N5O2. The predicted octanol–water partition coefficient (Wildman–Crippen LogP) is 2.41. The van der Waals surface area contributed by atoms with Crippen LogP contribution in [0.25, 0.3) is 0 Å². The van der Waals surface area contributed by atoms with Crippen LogP contribution >= 0.6 is 0 Å². The van der Waals surface area contributed by atoms with Crippen molar-refractivity contribution in [1.82, 2.24) is 15.2 Å². The highest BCUT2D eigenvalue weighted by Gasteiger charge is 2.24. The van der Waals surface area contributed by atoms with E-state index in [1.165, 1.54) is 5.56 Å². The molecule has 1 fully saturated rings. The average Bonchev–Trinajstić information content (AvgIpc) is 3.01. The van der Waals surface area contributed by atoms with Gasteiger partial charge >= 0.3 is 0 Å². The van der Waals surface area contributed by atoms with E-state index in [1.807, 2.05) is 12.4 Å². The van der Waals surface area contributed by atoms with Crippen molar-refractivity contribution in [3.63, 3.8) is 0 Å². The topological polar surface area (TPSA) is 88.0 Å². The van der Waals surface area contributed by atoms with E-state index in [9.17, 15) is 10.1 Å². The predicted molar refractivity (Wildman–Crippen MR) is 78.4 cm³/mol. The lowest BCUT2D eigenvalue weighted by Gasteiger charge is -2.33. The quantitative estimate of drug-likeness (QED) is 0.691. The van der Waals surface area contributed by atoms with Crippen LogP contribution in [0.3, 0.4) is 0 Å². The van der Waals surface area contributed by atoms with Gasteiger partial charge in [-0.3, -0.25) is 15.2 Å². The number of hydrogen-bond donors (Lipinski definition) is 1. The lowest BCUT2D eigenvalue weighted by Crippen LogP contribution is -2.34. The Morgan fingerprint density at radius 3 is 3.00 bits per heavy atom. The Bertz CT molecular complexity index is 641. The maximum absolute atomic E-state index is 10.9. The number of nitrogens with zero attached hydrogens (tertiary/aromatic N) is 4. The molecule has 2 aromatic rings. The van der Waals surface area contributed by atoms with Gasteiger partial charge in [-0.25, -0.2) is 4.98 Å².